The summed E-state index contributed by atoms with van der Waals surface area (Å²) in [6, 6.07) is 3.73. The molecular weight excluding hydrogens is 278 g/mol. The van der Waals surface area contributed by atoms with Gasteiger partial charge in [0.15, 0.2) is 0 Å². The maximum absolute atomic E-state index is 12.4. The van der Waals surface area contributed by atoms with Crippen LogP contribution in [0.15, 0.2) is 18.3 Å². The number of hydrogen-bond acceptors (Lipinski definition) is 4. The third-order valence-electron chi connectivity index (χ3n) is 3.80. The van der Waals surface area contributed by atoms with E-state index in [9.17, 15) is 9.59 Å². The number of rotatable bonds is 1. The first-order chi connectivity index (χ1) is 10.2. The molecule has 2 heterocycles. The molecule has 2 aromatic rings. The molecule has 0 fully saturated rings. The van der Waals surface area contributed by atoms with Crippen LogP contribution in [0.1, 0.15) is 67.5 Å². The topological polar surface area (TPSA) is 64.8 Å². The van der Waals surface area contributed by atoms with Crippen molar-refractivity contribution in [3.05, 3.63) is 35.5 Å². The molecule has 0 amide bonds. The fourth-order valence-corrected chi connectivity index (χ4v) is 2.87. The van der Waals surface area contributed by atoms with Gasteiger partial charge in [0.2, 0.25) is 0 Å². The van der Waals surface area contributed by atoms with Crippen molar-refractivity contribution in [2.75, 3.05) is 0 Å². The van der Waals surface area contributed by atoms with E-state index in [0.29, 0.717) is 11.3 Å². The predicted molar refractivity (Wildman–Crippen MR) is 83.2 cm³/mol. The Balaban J connectivity index is 2.43. The lowest BCUT2D eigenvalue weighted by molar-refractivity contribution is 0.0809. The first kappa shape index (κ1) is 14.6. The van der Waals surface area contributed by atoms with Crippen LogP contribution in [-0.4, -0.2) is 26.1 Å². The largest absolute Gasteiger partial charge is 0.324 e. The molecule has 5 nitrogen and oxygen atoms in total. The van der Waals surface area contributed by atoms with Gasteiger partial charge in [0.05, 0.1) is 5.69 Å². The minimum Gasteiger partial charge on any atom is -0.324 e. The summed E-state index contributed by atoms with van der Waals surface area (Å²) >= 11 is 0. The van der Waals surface area contributed by atoms with Gasteiger partial charge in [-0.05, 0) is 26.0 Å². The quantitative estimate of drug-likeness (QED) is 0.758. The molecule has 0 aliphatic heterocycles. The van der Waals surface area contributed by atoms with Crippen molar-refractivity contribution in [1.82, 2.24) is 14.5 Å². The standard InChI is InChI=1S/C17H19N3O2/c1-9(2)20-13-10-7-6-8-18-11(10)14(21)15(22)12(13)19-16(20)17(3,4)5/h6-9H,1-5H3. The van der Waals surface area contributed by atoms with Crippen LogP contribution in [0.25, 0.3) is 11.3 Å². The molecule has 0 N–H and O–H groups in total. The maximum Gasteiger partial charge on any atom is 0.255 e. The molecule has 0 saturated carbocycles. The van der Waals surface area contributed by atoms with Gasteiger partial charge in [-0.1, -0.05) is 20.8 Å². The Hall–Kier alpha value is -2.30. The van der Waals surface area contributed by atoms with Crippen molar-refractivity contribution in [3.8, 4) is 11.3 Å². The summed E-state index contributed by atoms with van der Waals surface area (Å²) in [6.45, 7) is 10.3. The van der Waals surface area contributed by atoms with E-state index in [1.807, 2.05) is 19.9 Å². The SMILES string of the molecule is CC(C)n1c(C(C)(C)C)nc2c1-c1cccnc1C(=O)C2=O. The zero-order valence-corrected chi connectivity index (χ0v) is 13.5. The molecule has 3 rings (SSSR count). The fourth-order valence-electron chi connectivity index (χ4n) is 2.87. The monoisotopic (exact) mass is 297 g/mol. The maximum atomic E-state index is 12.4. The highest BCUT2D eigenvalue weighted by molar-refractivity contribution is 6.51. The van der Waals surface area contributed by atoms with Gasteiger partial charge in [-0.15, -0.1) is 0 Å². The van der Waals surface area contributed by atoms with Crippen LogP contribution in [0.3, 0.4) is 0 Å². The first-order valence-corrected chi connectivity index (χ1v) is 7.40. The summed E-state index contributed by atoms with van der Waals surface area (Å²) in [5.41, 5.74) is 1.66. The van der Waals surface area contributed by atoms with E-state index < -0.39 is 11.6 Å². The third-order valence-corrected chi connectivity index (χ3v) is 3.80. The molecule has 2 aromatic heterocycles. The number of Topliss-reactive ketones (excluding diaryl/α,β-unsaturated/α-hetero) is 2. The Labute approximate surface area is 129 Å². The van der Waals surface area contributed by atoms with Gasteiger partial charge in [0, 0.05) is 23.2 Å². The minimum absolute atomic E-state index is 0.125. The summed E-state index contributed by atoms with van der Waals surface area (Å²) in [6.07, 6.45) is 1.54. The lowest BCUT2D eigenvalue weighted by Crippen LogP contribution is -2.24. The highest BCUT2D eigenvalue weighted by atomic mass is 16.2. The Bertz CT molecular complexity index is 795. The second-order valence-electron chi connectivity index (χ2n) is 6.90. The van der Waals surface area contributed by atoms with E-state index >= 15 is 0 Å². The summed E-state index contributed by atoms with van der Waals surface area (Å²) in [5.74, 6) is -0.326. The van der Waals surface area contributed by atoms with Gasteiger partial charge >= 0.3 is 0 Å². The molecule has 114 valence electrons. The molecule has 1 aliphatic rings. The predicted octanol–water partition coefficient (Wildman–Crippen LogP) is 3.20. The second-order valence-corrected chi connectivity index (χ2v) is 6.90. The number of imidazole rings is 1. The fraction of sp³-hybridized carbons (Fsp3) is 0.412. The average molecular weight is 297 g/mol. The molecule has 0 atom stereocenters. The zero-order valence-electron chi connectivity index (χ0n) is 13.5. The third kappa shape index (κ3) is 1.92. The Morgan fingerprint density at radius 3 is 2.32 bits per heavy atom. The molecule has 0 bridgehead atoms. The molecule has 0 radical (unpaired) electrons. The Morgan fingerprint density at radius 2 is 1.73 bits per heavy atom. The molecule has 0 saturated heterocycles. The van der Waals surface area contributed by atoms with Gasteiger partial charge in [-0.25, -0.2) is 4.98 Å². The zero-order chi connectivity index (χ0) is 16.2. The highest BCUT2D eigenvalue weighted by Gasteiger charge is 2.39. The van der Waals surface area contributed by atoms with E-state index in [-0.39, 0.29) is 22.8 Å². The number of aromatic nitrogens is 3. The lowest BCUT2D eigenvalue weighted by Gasteiger charge is -2.24. The van der Waals surface area contributed by atoms with Crippen LogP contribution < -0.4 is 0 Å². The van der Waals surface area contributed by atoms with Gasteiger partial charge < -0.3 is 4.57 Å². The van der Waals surface area contributed by atoms with Gasteiger partial charge in [0.1, 0.15) is 17.2 Å². The number of hydrogen-bond donors (Lipinski definition) is 0. The van der Waals surface area contributed by atoms with Crippen LogP contribution in [0.2, 0.25) is 0 Å². The van der Waals surface area contributed by atoms with Crippen LogP contribution in [0, 0.1) is 0 Å². The summed E-state index contributed by atoms with van der Waals surface area (Å²) < 4.78 is 2.06. The molecular formula is C17H19N3O2. The summed E-state index contributed by atoms with van der Waals surface area (Å²) in [5, 5.41) is 0. The van der Waals surface area contributed by atoms with E-state index in [2.05, 4.69) is 35.3 Å². The van der Waals surface area contributed by atoms with Crippen molar-refractivity contribution < 1.29 is 9.59 Å². The van der Waals surface area contributed by atoms with E-state index in [4.69, 9.17) is 0 Å². The van der Waals surface area contributed by atoms with E-state index in [0.717, 1.165) is 5.82 Å². The number of ketones is 2. The Morgan fingerprint density at radius 1 is 1.09 bits per heavy atom. The minimum atomic E-state index is -0.572. The Kier molecular flexibility index (Phi) is 3.06. The van der Waals surface area contributed by atoms with E-state index in [1.165, 1.54) is 6.20 Å². The van der Waals surface area contributed by atoms with Crippen molar-refractivity contribution in [3.63, 3.8) is 0 Å². The molecule has 0 unspecified atom stereocenters. The normalized spacial score (nSPS) is 14.3. The van der Waals surface area contributed by atoms with Crippen LogP contribution >= 0.6 is 0 Å². The molecule has 22 heavy (non-hydrogen) atoms. The molecule has 0 aromatic carbocycles. The average Bonchev–Trinajstić information content (AvgIpc) is 2.85. The van der Waals surface area contributed by atoms with Crippen LogP contribution in [-0.2, 0) is 5.41 Å². The molecule has 0 spiro atoms. The second kappa shape index (κ2) is 4.60. The summed E-state index contributed by atoms with van der Waals surface area (Å²) in [4.78, 5) is 33.3. The van der Waals surface area contributed by atoms with Crippen molar-refractivity contribution in [1.29, 1.82) is 0 Å². The van der Waals surface area contributed by atoms with Gasteiger partial charge in [-0.3, -0.25) is 14.6 Å². The molecule has 1 aliphatic carbocycles. The number of pyridine rings is 1. The van der Waals surface area contributed by atoms with E-state index in [1.54, 1.807) is 6.07 Å². The number of nitrogens with zero attached hydrogens (tertiary/aromatic N) is 3. The first-order valence-electron chi connectivity index (χ1n) is 7.40. The van der Waals surface area contributed by atoms with Crippen molar-refractivity contribution in [2.45, 2.75) is 46.1 Å². The number of carbonyl (C=O) groups is 2. The van der Waals surface area contributed by atoms with Crippen LogP contribution in [0.5, 0.6) is 0 Å². The number of carbonyl (C=O) groups excluding carboxylic acids is 2. The van der Waals surface area contributed by atoms with Crippen LogP contribution in [0.4, 0.5) is 0 Å². The molecule has 5 heteroatoms. The highest BCUT2D eigenvalue weighted by Crippen LogP contribution is 2.38. The van der Waals surface area contributed by atoms with Gasteiger partial charge in [-0.2, -0.15) is 0 Å². The van der Waals surface area contributed by atoms with Crippen molar-refractivity contribution in [2.24, 2.45) is 0 Å². The van der Waals surface area contributed by atoms with Crippen molar-refractivity contribution >= 4 is 11.6 Å². The smallest absolute Gasteiger partial charge is 0.255 e. The summed E-state index contributed by atoms with van der Waals surface area (Å²) in [7, 11) is 0. The number of fused-ring (bicyclic) bond motifs is 3. The lowest BCUT2D eigenvalue weighted by atomic mass is 9.93. The van der Waals surface area contributed by atoms with Gasteiger partial charge in [0.25, 0.3) is 11.6 Å².